The molecule has 64 valence electrons. The van der Waals surface area contributed by atoms with Gasteiger partial charge in [-0.3, -0.25) is 0 Å². The van der Waals surface area contributed by atoms with Crippen molar-refractivity contribution in [2.75, 3.05) is 19.8 Å². The van der Waals surface area contributed by atoms with E-state index in [1.165, 1.54) is 0 Å². The predicted molar refractivity (Wildman–Crippen MR) is 46.8 cm³/mol. The van der Waals surface area contributed by atoms with E-state index in [-0.39, 0.29) is 0 Å². The van der Waals surface area contributed by atoms with Crippen LogP contribution in [-0.2, 0) is 4.74 Å². The summed E-state index contributed by atoms with van der Waals surface area (Å²) >= 11 is 5.37. The summed E-state index contributed by atoms with van der Waals surface area (Å²) in [5.74, 6) is 0. The predicted octanol–water partition coefficient (Wildman–Crippen LogP) is 1.51. The van der Waals surface area contributed by atoms with Crippen LogP contribution in [0.3, 0.4) is 0 Å². The standard InChI is InChI=1S/C8H14ClNO/c9-4-1-5-10-8-2-6-11-7-3-8/h1,4,8,10H,2-3,5-7H2/b4-1+. The fourth-order valence-corrected chi connectivity index (χ4v) is 1.27. The van der Waals surface area contributed by atoms with Gasteiger partial charge in [-0.25, -0.2) is 0 Å². The maximum atomic E-state index is 5.37. The lowest BCUT2D eigenvalue weighted by Gasteiger charge is -2.22. The van der Waals surface area contributed by atoms with Crippen LogP contribution >= 0.6 is 11.6 Å². The van der Waals surface area contributed by atoms with Crippen molar-refractivity contribution >= 4 is 11.6 Å². The van der Waals surface area contributed by atoms with Gasteiger partial charge in [0.05, 0.1) is 0 Å². The Balaban J connectivity index is 2.04. The van der Waals surface area contributed by atoms with E-state index in [1.54, 1.807) is 5.54 Å². The third-order valence-corrected chi connectivity index (χ3v) is 2.01. The molecule has 0 aromatic heterocycles. The van der Waals surface area contributed by atoms with Crippen LogP contribution in [0.1, 0.15) is 12.8 Å². The highest BCUT2D eigenvalue weighted by atomic mass is 35.5. The molecule has 1 rings (SSSR count). The minimum atomic E-state index is 0.622. The average Bonchev–Trinajstić information content (AvgIpc) is 2.07. The second kappa shape index (κ2) is 5.58. The quantitative estimate of drug-likeness (QED) is 0.702. The maximum Gasteiger partial charge on any atom is 0.0480 e. The molecule has 1 aliphatic rings. The smallest absolute Gasteiger partial charge is 0.0480 e. The van der Waals surface area contributed by atoms with Crippen LogP contribution in [0.5, 0.6) is 0 Å². The summed E-state index contributed by atoms with van der Waals surface area (Å²) in [6, 6.07) is 0.622. The molecule has 1 aliphatic heterocycles. The van der Waals surface area contributed by atoms with Crippen molar-refractivity contribution in [3.63, 3.8) is 0 Å². The van der Waals surface area contributed by atoms with E-state index in [1.807, 2.05) is 6.08 Å². The van der Waals surface area contributed by atoms with Crippen molar-refractivity contribution in [3.8, 4) is 0 Å². The number of hydrogen-bond donors (Lipinski definition) is 1. The first-order chi connectivity index (χ1) is 5.43. The number of rotatable bonds is 3. The number of halogens is 1. The molecule has 0 radical (unpaired) electrons. The zero-order valence-electron chi connectivity index (χ0n) is 6.55. The molecule has 0 aromatic carbocycles. The second-order valence-corrected chi connectivity index (χ2v) is 2.91. The Hall–Kier alpha value is -0.0500. The molecular weight excluding hydrogens is 162 g/mol. The highest BCUT2D eigenvalue weighted by Gasteiger charge is 2.11. The van der Waals surface area contributed by atoms with Crippen molar-refractivity contribution in [2.24, 2.45) is 0 Å². The fourth-order valence-electron chi connectivity index (χ4n) is 1.18. The molecule has 0 amide bonds. The molecule has 0 unspecified atom stereocenters. The molecule has 0 aliphatic carbocycles. The number of nitrogens with one attached hydrogen (secondary N) is 1. The van der Waals surface area contributed by atoms with Gasteiger partial charge in [-0.2, -0.15) is 0 Å². The number of hydrogen-bond acceptors (Lipinski definition) is 2. The summed E-state index contributed by atoms with van der Waals surface area (Å²) in [5, 5.41) is 3.37. The molecular formula is C8H14ClNO. The van der Waals surface area contributed by atoms with E-state index in [0.717, 1.165) is 32.6 Å². The van der Waals surface area contributed by atoms with Gasteiger partial charge in [0, 0.05) is 31.3 Å². The van der Waals surface area contributed by atoms with Gasteiger partial charge >= 0.3 is 0 Å². The highest BCUT2D eigenvalue weighted by molar-refractivity contribution is 6.25. The van der Waals surface area contributed by atoms with Gasteiger partial charge in [0.25, 0.3) is 0 Å². The third kappa shape index (κ3) is 3.75. The van der Waals surface area contributed by atoms with Crippen molar-refractivity contribution in [3.05, 3.63) is 11.6 Å². The first kappa shape index (κ1) is 9.04. The van der Waals surface area contributed by atoms with Crippen LogP contribution in [-0.4, -0.2) is 25.8 Å². The van der Waals surface area contributed by atoms with Crippen LogP contribution in [0.15, 0.2) is 11.6 Å². The highest BCUT2D eigenvalue weighted by Crippen LogP contribution is 2.05. The Morgan fingerprint density at radius 3 is 2.82 bits per heavy atom. The lowest BCUT2D eigenvalue weighted by Crippen LogP contribution is -2.34. The van der Waals surface area contributed by atoms with Crippen LogP contribution in [0, 0.1) is 0 Å². The van der Waals surface area contributed by atoms with Crippen LogP contribution in [0.4, 0.5) is 0 Å². The molecule has 1 saturated heterocycles. The summed E-state index contributed by atoms with van der Waals surface area (Å²) in [6.45, 7) is 2.65. The molecule has 0 atom stereocenters. The Morgan fingerprint density at radius 2 is 2.18 bits per heavy atom. The average molecular weight is 176 g/mol. The van der Waals surface area contributed by atoms with E-state index in [4.69, 9.17) is 16.3 Å². The van der Waals surface area contributed by atoms with Crippen LogP contribution in [0.25, 0.3) is 0 Å². The van der Waals surface area contributed by atoms with Gasteiger partial charge in [0.1, 0.15) is 0 Å². The van der Waals surface area contributed by atoms with Gasteiger partial charge < -0.3 is 10.1 Å². The van der Waals surface area contributed by atoms with E-state index in [9.17, 15) is 0 Å². The molecule has 11 heavy (non-hydrogen) atoms. The number of ether oxygens (including phenoxy) is 1. The normalized spacial score (nSPS) is 21.2. The van der Waals surface area contributed by atoms with Gasteiger partial charge in [0.2, 0.25) is 0 Å². The minimum Gasteiger partial charge on any atom is -0.381 e. The topological polar surface area (TPSA) is 21.3 Å². The van der Waals surface area contributed by atoms with Crippen LogP contribution in [0.2, 0.25) is 0 Å². The van der Waals surface area contributed by atoms with Gasteiger partial charge in [-0.15, -0.1) is 0 Å². The summed E-state index contributed by atoms with van der Waals surface area (Å²) < 4.78 is 5.22. The minimum absolute atomic E-state index is 0.622. The SMILES string of the molecule is Cl/C=C/CNC1CCOCC1. The molecule has 0 spiro atoms. The molecule has 0 saturated carbocycles. The summed E-state index contributed by atoms with van der Waals surface area (Å²) in [4.78, 5) is 0. The van der Waals surface area contributed by atoms with Gasteiger partial charge in [-0.05, 0) is 12.8 Å². The lowest BCUT2D eigenvalue weighted by molar-refractivity contribution is 0.0789. The fraction of sp³-hybridized carbons (Fsp3) is 0.750. The second-order valence-electron chi connectivity index (χ2n) is 2.66. The lowest BCUT2D eigenvalue weighted by atomic mass is 10.1. The van der Waals surface area contributed by atoms with Gasteiger partial charge in [0.15, 0.2) is 0 Å². The van der Waals surface area contributed by atoms with Crippen LogP contribution < -0.4 is 5.32 Å². The molecule has 2 nitrogen and oxygen atoms in total. The van der Waals surface area contributed by atoms with E-state index in [2.05, 4.69) is 5.32 Å². The van der Waals surface area contributed by atoms with Crippen molar-refractivity contribution in [1.29, 1.82) is 0 Å². The zero-order chi connectivity index (χ0) is 7.94. The summed E-state index contributed by atoms with van der Waals surface area (Å²) in [5.41, 5.74) is 1.55. The first-order valence-electron chi connectivity index (χ1n) is 4.00. The van der Waals surface area contributed by atoms with Crippen molar-refractivity contribution in [2.45, 2.75) is 18.9 Å². The molecule has 0 bridgehead atoms. The molecule has 1 N–H and O–H groups in total. The maximum absolute atomic E-state index is 5.37. The van der Waals surface area contributed by atoms with E-state index in [0.29, 0.717) is 6.04 Å². The zero-order valence-corrected chi connectivity index (χ0v) is 7.31. The van der Waals surface area contributed by atoms with E-state index >= 15 is 0 Å². The molecule has 1 fully saturated rings. The summed E-state index contributed by atoms with van der Waals surface area (Å²) in [7, 11) is 0. The Morgan fingerprint density at radius 1 is 1.45 bits per heavy atom. The van der Waals surface area contributed by atoms with E-state index < -0.39 is 0 Å². The molecule has 1 heterocycles. The van der Waals surface area contributed by atoms with Gasteiger partial charge in [-0.1, -0.05) is 17.7 Å². The monoisotopic (exact) mass is 175 g/mol. The Kier molecular flexibility index (Phi) is 4.59. The largest absolute Gasteiger partial charge is 0.381 e. The molecule has 3 heteroatoms. The Labute approximate surface area is 72.6 Å². The first-order valence-corrected chi connectivity index (χ1v) is 4.43. The van der Waals surface area contributed by atoms with Crippen molar-refractivity contribution in [1.82, 2.24) is 5.32 Å². The Bertz CT molecular complexity index is 121. The van der Waals surface area contributed by atoms with Crippen molar-refractivity contribution < 1.29 is 4.74 Å². The molecule has 0 aromatic rings. The summed E-state index contributed by atoms with van der Waals surface area (Å²) in [6.07, 6.45) is 4.16. The third-order valence-electron chi connectivity index (χ3n) is 1.83.